The van der Waals surface area contributed by atoms with E-state index in [9.17, 15) is 4.79 Å². The topological polar surface area (TPSA) is 69.0 Å². The number of benzene rings is 2. The molecule has 1 amide bonds. The van der Waals surface area contributed by atoms with Crippen LogP contribution in [0.1, 0.15) is 33.8 Å². The van der Waals surface area contributed by atoms with Gasteiger partial charge in [0, 0.05) is 11.9 Å². The molecule has 0 spiro atoms. The normalized spacial score (nSPS) is 11.0. The van der Waals surface area contributed by atoms with Crippen LogP contribution >= 0.6 is 11.3 Å². The van der Waals surface area contributed by atoms with E-state index in [0.29, 0.717) is 18.8 Å². The lowest BCUT2D eigenvalue weighted by molar-refractivity contribution is 0.0945. The van der Waals surface area contributed by atoms with Crippen LogP contribution in [0.3, 0.4) is 0 Å². The van der Waals surface area contributed by atoms with Crippen molar-refractivity contribution in [3.05, 3.63) is 76.0 Å². The van der Waals surface area contributed by atoms with Gasteiger partial charge in [-0.2, -0.15) is 0 Å². The number of carbonyl (C=O) groups is 1. The molecule has 0 aliphatic heterocycles. The molecule has 29 heavy (non-hydrogen) atoms. The fraction of sp³-hybridized carbons (Fsp3) is 0.227. The van der Waals surface area contributed by atoms with Crippen LogP contribution in [0, 0.1) is 6.92 Å². The van der Waals surface area contributed by atoms with Gasteiger partial charge in [0.05, 0.1) is 17.6 Å². The number of nitrogens with one attached hydrogen (secondary N) is 1. The zero-order chi connectivity index (χ0) is 20.2. The van der Waals surface area contributed by atoms with Gasteiger partial charge in [-0.3, -0.25) is 4.79 Å². The van der Waals surface area contributed by atoms with E-state index < -0.39 is 0 Å². The van der Waals surface area contributed by atoms with E-state index in [2.05, 4.69) is 26.8 Å². The Balaban J connectivity index is 1.37. The van der Waals surface area contributed by atoms with Crippen molar-refractivity contribution in [2.24, 2.45) is 0 Å². The highest BCUT2D eigenvalue weighted by Gasteiger charge is 2.14. The van der Waals surface area contributed by atoms with Gasteiger partial charge in [0.15, 0.2) is 0 Å². The minimum Gasteiger partial charge on any atom is -0.486 e. The van der Waals surface area contributed by atoms with Crippen LogP contribution in [0.25, 0.3) is 11.0 Å². The summed E-state index contributed by atoms with van der Waals surface area (Å²) in [5.74, 6) is 1.41. The van der Waals surface area contributed by atoms with Crippen molar-refractivity contribution in [1.29, 1.82) is 0 Å². The molecular formula is C22H22N4O2S. The highest BCUT2D eigenvalue weighted by atomic mass is 32.1. The molecule has 0 unspecified atom stereocenters. The summed E-state index contributed by atoms with van der Waals surface area (Å²) < 4.78 is 7.84. The van der Waals surface area contributed by atoms with Gasteiger partial charge in [-0.05, 0) is 38.1 Å². The average molecular weight is 407 g/mol. The summed E-state index contributed by atoms with van der Waals surface area (Å²) in [4.78, 5) is 21.5. The van der Waals surface area contributed by atoms with Crippen LogP contribution in [-0.4, -0.2) is 20.4 Å². The second kappa shape index (κ2) is 8.45. The molecule has 0 bridgehead atoms. The van der Waals surface area contributed by atoms with Crippen molar-refractivity contribution in [3.63, 3.8) is 0 Å². The minimum atomic E-state index is -0.211. The fourth-order valence-electron chi connectivity index (χ4n) is 3.12. The highest BCUT2D eigenvalue weighted by molar-refractivity contribution is 7.09. The minimum absolute atomic E-state index is 0.211. The smallest absolute Gasteiger partial charge is 0.271 e. The lowest BCUT2D eigenvalue weighted by Gasteiger charge is -2.07. The number of para-hydroxylation sites is 2. The number of carbonyl (C=O) groups excluding carboxylic acids is 1. The molecule has 0 aliphatic rings. The first-order valence-electron chi connectivity index (χ1n) is 9.50. The van der Waals surface area contributed by atoms with Gasteiger partial charge >= 0.3 is 0 Å². The summed E-state index contributed by atoms with van der Waals surface area (Å²) >= 11 is 1.42. The van der Waals surface area contributed by atoms with Crippen LogP contribution in [0.5, 0.6) is 5.75 Å². The molecule has 0 fully saturated rings. The van der Waals surface area contributed by atoms with Crippen molar-refractivity contribution >= 4 is 28.3 Å². The number of imidazole rings is 1. The van der Waals surface area contributed by atoms with Gasteiger partial charge in [0.1, 0.15) is 28.9 Å². The summed E-state index contributed by atoms with van der Waals surface area (Å²) in [7, 11) is 0. The molecule has 2 heterocycles. The van der Waals surface area contributed by atoms with Crippen molar-refractivity contribution in [2.75, 3.05) is 0 Å². The summed E-state index contributed by atoms with van der Waals surface area (Å²) in [6.07, 6.45) is 0. The van der Waals surface area contributed by atoms with E-state index in [0.717, 1.165) is 34.2 Å². The number of aryl methyl sites for hydroxylation is 2. The molecule has 7 heteroatoms. The number of fused-ring (bicyclic) bond motifs is 1. The largest absolute Gasteiger partial charge is 0.486 e. The number of hydrogen-bond donors (Lipinski definition) is 1. The summed E-state index contributed by atoms with van der Waals surface area (Å²) in [6.45, 7) is 5.59. The number of thiazole rings is 1. The van der Waals surface area contributed by atoms with Gasteiger partial charge < -0.3 is 14.6 Å². The Labute approximate surface area is 173 Å². The number of aromatic nitrogens is 3. The van der Waals surface area contributed by atoms with Crippen molar-refractivity contribution in [1.82, 2.24) is 19.9 Å². The Kier molecular flexibility index (Phi) is 5.57. The maximum absolute atomic E-state index is 12.5. The zero-order valence-electron chi connectivity index (χ0n) is 16.4. The SMILES string of the molecule is CCn1c(CNC(=O)c2csc(COc3ccc(C)cc3)n2)nc2ccccc21. The first-order valence-corrected chi connectivity index (χ1v) is 10.4. The molecule has 148 valence electrons. The third-order valence-corrected chi connectivity index (χ3v) is 5.45. The van der Waals surface area contributed by atoms with Crippen molar-refractivity contribution < 1.29 is 9.53 Å². The number of nitrogens with zero attached hydrogens (tertiary/aromatic N) is 3. The molecule has 0 saturated carbocycles. The summed E-state index contributed by atoms with van der Waals surface area (Å²) in [6, 6.07) is 15.8. The third-order valence-electron chi connectivity index (χ3n) is 4.62. The van der Waals surface area contributed by atoms with E-state index in [4.69, 9.17) is 4.74 Å². The van der Waals surface area contributed by atoms with Gasteiger partial charge in [0.2, 0.25) is 0 Å². The van der Waals surface area contributed by atoms with E-state index in [1.165, 1.54) is 16.9 Å². The Morgan fingerprint density at radius 3 is 2.72 bits per heavy atom. The Hall–Kier alpha value is -3.19. The van der Waals surface area contributed by atoms with Crippen molar-refractivity contribution in [2.45, 2.75) is 33.5 Å². The summed E-state index contributed by atoms with van der Waals surface area (Å²) in [5.41, 5.74) is 3.59. The Morgan fingerprint density at radius 2 is 1.93 bits per heavy atom. The van der Waals surface area contributed by atoms with Gasteiger partial charge in [0.25, 0.3) is 5.91 Å². The molecule has 4 rings (SSSR count). The number of ether oxygens (including phenoxy) is 1. The maximum atomic E-state index is 12.5. The summed E-state index contributed by atoms with van der Waals surface area (Å²) in [5, 5.41) is 5.44. The van der Waals surface area contributed by atoms with E-state index in [1.807, 2.05) is 55.5 Å². The fourth-order valence-corrected chi connectivity index (χ4v) is 3.81. The molecular weight excluding hydrogens is 384 g/mol. The zero-order valence-corrected chi connectivity index (χ0v) is 17.2. The molecule has 0 aliphatic carbocycles. The number of hydrogen-bond acceptors (Lipinski definition) is 5. The van der Waals surface area contributed by atoms with Crippen LogP contribution in [0.2, 0.25) is 0 Å². The third kappa shape index (κ3) is 4.30. The second-order valence-electron chi connectivity index (χ2n) is 6.67. The molecule has 0 saturated heterocycles. The van der Waals surface area contributed by atoms with Gasteiger partial charge in [-0.1, -0.05) is 29.8 Å². The lowest BCUT2D eigenvalue weighted by Crippen LogP contribution is -2.25. The molecule has 1 N–H and O–H groups in total. The lowest BCUT2D eigenvalue weighted by atomic mass is 10.2. The first kappa shape index (κ1) is 19.1. The predicted octanol–water partition coefficient (Wildman–Crippen LogP) is 4.33. The van der Waals surface area contributed by atoms with Gasteiger partial charge in [-0.15, -0.1) is 11.3 Å². The van der Waals surface area contributed by atoms with E-state index in [-0.39, 0.29) is 5.91 Å². The molecule has 4 aromatic rings. The maximum Gasteiger partial charge on any atom is 0.271 e. The molecule has 0 radical (unpaired) electrons. The standard InChI is InChI=1S/C22H22N4O2S/c1-3-26-19-7-5-4-6-17(19)24-20(26)12-23-22(27)18-14-29-21(25-18)13-28-16-10-8-15(2)9-11-16/h4-11,14H,3,12-13H2,1-2H3,(H,23,27). The molecule has 2 aromatic carbocycles. The number of rotatable bonds is 7. The number of amides is 1. The highest BCUT2D eigenvalue weighted by Crippen LogP contribution is 2.17. The van der Waals surface area contributed by atoms with E-state index in [1.54, 1.807) is 5.38 Å². The van der Waals surface area contributed by atoms with Crippen LogP contribution in [0.15, 0.2) is 53.9 Å². The van der Waals surface area contributed by atoms with Crippen LogP contribution in [0.4, 0.5) is 0 Å². The van der Waals surface area contributed by atoms with Crippen molar-refractivity contribution in [3.8, 4) is 5.75 Å². The van der Waals surface area contributed by atoms with Gasteiger partial charge in [-0.25, -0.2) is 9.97 Å². The average Bonchev–Trinajstić information content (AvgIpc) is 3.36. The molecule has 2 aromatic heterocycles. The monoisotopic (exact) mass is 406 g/mol. The van der Waals surface area contributed by atoms with E-state index >= 15 is 0 Å². The first-order chi connectivity index (χ1) is 14.1. The Morgan fingerprint density at radius 1 is 1.14 bits per heavy atom. The van der Waals surface area contributed by atoms with Crippen LogP contribution in [-0.2, 0) is 19.7 Å². The molecule has 0 atom stereocenters. The van der Waals surface area contributed by atoms with Crippen LogP contribution < -0.4 is 10.1 Å². The molecule has 6 nitrogen and oxygen atoms in total. The Bertz CT molecular complexity index is 1130. The quantitative estimate of drug-likeness (QED) is 0.496. The second-order valence-corrected chi connectivity index (χ2v) is 7.61. The predicted molar refractivity (Wildman–Crippen MR) is 114 cm³/mol.